The Bertz CT molecular complexity index is 1160. The number of rotatable bonds is 3. The van der Waals surface area contributed by atoms with E-state index in [4.69, 9.17) is 20.4 Å². The zero-order valence-electron chi connectivity index (χ0n) is 18.4. The van der Waals surface area contributed by atoms with Crippen molar-refractivity contribution in [1.82, 2.24) is 14.1 Å². The lowest BCUT2D eigenvalue weighted by atomic mass is 9.96. The van der Waals surface area contributed by atoms with Crippen LogP contribution in [0, 0.1) is 11.6 Å². The van der Waals surface area contributed by atoms with Gasteiger partial charge < -0.3 is 15.6 Å². The van der Waals surface area contributed by atoms with Crippen LogP contribution in [0.1, 0.15) is 35.8 Å². The average Bonchev–Trinajstić information content (AvgIpc) is 3.25. The van der Waals surface area contributed by atoms with Crippen LogP contribution in [-0.2, 0) is 32.6 Å². The lowest BCUT2D eigenvalue weighted by Crippen LogP contribution is -2.38. The van der Waals surface area contributed by atoms with Crippen LogP contribution >= 0.6 is 0 Å². The number of benzene rings is 1. The first kappa shape index (κ1) is 27.0. The van der Waals surface area contributed by atoms with E-state index in [1.165, 1.54) is 0 Å². The lowest BCUT2D eigenvalue weighted by Gasteiger charge is -2.28. The number of halogens is 5. The molecule has 3 heterocycles. The van der Waals surface area contributed by atoms with Gasteiger partial charge in [-0.25, -0.2) is 22.0 Å². The Morgan fingerprint density at radius 2 is 1.91 bits per heavy atom. The molecule has 3 atom stereocenters. The quantitative estimate of drug-likeness (QED) is 0.583. The molecule has 0 spiro atoms. The molecule has 2 aliphatic heterocycles. The zero-order chi connectivity index (χ0) is 26.1. The third-order valence-electron chi connectivity index (χ3n) is 5.63. The van der Waals surface area contributed by atoms with Crippen LogP contribution in [0.4, 0.5) is 22.0 Å². The van der Waals surface area contributed by atoms with Crippen molar-refractivity contribution in [2.24, 2.45) is 5.73 Å². The van der Waals surface area contributed by atoms with Gasteiger partial charge in [-0.05, 0) is 31.0 Å². The highest BCUT2D eigenvalue weighted by Crippen LogP contribution is 2.33. The van der Waals surface area contributed by atoms with E-state index in [0.29, 0.717) is 32.5 Å². The van der Waals surface area contributed by atoms with Gasteiger partial charge in [0.15, 0.2) is 0 Å². The molecule has 15 heteroatoms. The number of alkyl halides is 3. The predicted octanol–water partition coefficient (Wildman–Crippen LogP) is 2.17. The highest BCUT2D eigenvalue weighted by molar-refractivity contribution is 7.89. The van der Waals surface area contributed by atoms with Gasteiger partial charge >= 0.3 is 12.1 Å². The summed E-state index contributed by atoms with van der Waals surface area (Å²) < 4.78 is 89.5. The first-order valence-electron chi connectivity index (χ1n) is 10.3. The Hall–Kier alpha value is -2.62. The fourth-order valence-electron chi connectivity index (χ4n) is 3.98. The van der Waals surface area contributed by atoms with Crippen molar-refractivity contribution >= 4 is 16.0 Å². The minimum absolute atomic E-state index is 0.0810. The van der Waals surface area contributed by atoms with Gasteiger partial charge in [-0.1, -0.05) is 0 Å². The molecule has 2 aliphatic rings. The van der Waals surface area contributed by atoms with Crippen LogP contribution in [0.25, 0.3) is 0 Å². The minimum atomic E-state index is -5.08. The third-order valence-corrected chi connectivity index (χ3v) is 6.49. The molecule has 4 rings (SSSR count). The van der Waals surface area contributed by atoms with Crippen molar-refractivity contribution in [2.75, 3.05) is 12.9 Å². The third kappa shape index (κ3) is 6.54. The van der Waals surface area contributed by atoms with E-state index in [-0.39, 0.29) is 11.6 Å². The maximum atomic E-state index is 14.2. The summed E-state index contributed by atoms with van der Waals surface area (Å²) in [7, 11) is -3.40. The molecule has 0 unspecified atom stereocenters. The van der Waals surface area contributed by atoms with E-state index >= 15 is 0 Å². The molecule has 1 aromatic carbocycles. The highest BCUT2D eigenvalue weighted by Gasteiger charge is 2.38. The van der Waals surface area contributed by atoms with Gasteiger partial charge in [-0.2, -0.15) is 22.4 Å². The van der Waals surface area contributed by atoms with Crippen molar-refractivity contribution in [3.05, 3.63) is 52.9 Å². The molecule has 3 N–H and O–H groups in total. The van der Waals surface area contributed by atoms with Crippen LogP contribution in [0.3, 0.4) is 0 Å². The summed E-state index contributed by atoms with van der Waals surface area (Å²) in [6.45, 7) is 1.46. The van der Waals surface area contributed by atoms with E-state index in [2.05, 4.69) is 10.00 Å². The van der Waals surface area contributed by atoms with Crippen molar-refractivity contribution in [3.63, 3.8) is 0 Å². The number of hydrogen-bond acceptors (Lipinski definition) is 7. The first-order chi connectivity index (χ1) is 16.2. The smallest absolute Gasteiger partial charge is 0.475 e. The highest BCUT2D eigenvalue weighted by atomic mass is 32.2. The Morgan fingerprint density at radius 1 is 1.26 bits per heavy atom. The number of carboxylic acids is 1. The van der Waals surface area contributed by atoms with E-state index in [0.717, 1.165) is 39.8 Å². The number of nitrogens with zero attached hydrogens (tertiary/aromatic N) is 3. The largest absolute Gasteiger partial charge is 0.490 e. The maximum Gasteiger partial charge on any atom is 0.490 e. The number of fused-ring (bicyclic) bond motifs is 1. The van der Waals surface area contributed by atoms with Gasteiger partial charge in [0.1, 0.15) is 17.7 Å². The van der Waals surface area contributed by atoms with E-state index in [9.17, 15) is 30.4 Å². The molecule has 0 amide bonds. The first-order valence-corrected chi connectivity index (χ1v) is 12.2. The second-order valence-corrected chi connectivity index (χ2v) is 10.1. The Balaban J connectivity index is 0.000000429. The van der Waals surface area contributed by atoms with Crippen LogP contribution in [0.15, 0.2) is 24.4 Å². The van der Waals surface area contributed by atoms with Gasteiger partial charge in [0.2, 0.25) is 0 Å². The van der Waals surface area contributed by atoms with Gasteiger partial charge in [0, 0.05) is 49.1 Å². The molecule has 9 nitrogen and oxygen atoms in total. The number of aromatic nitrogens is 2. The van der Waals surface area contributed by atoms with Gasteiger partial charge in [0.05, 0.1) is 11.9 Å². The van der Waals surface area contributed by atoms with Crippen LogP contribution < -0.4 is 5.73 Å². The van der Waals surface area contributed by atoms with Crippen molar-refractivity contribution in [1.29, 1.82) is 0 Å². The lowest BCUT2D eigenvalue weighted by molar-refractivity contribution is -0.192. The monoisotopic (exact) mass is 526 g/mol. The molecule has 35 heavy (non-hydrogen) atoms. The molecule has 1 fully saturated rings. The number of ether oxygens (including phenoxy) is 1. The van der Waals surface area contributed by atoms with E-state index < -0.39 is 45.9 Å². The second-order valence-electron chi connectivity index (χ2n) is 8.24. The summed E-state index contributed by atoms with van der Waals surface area (Å²) in [5.41, 5.74) is 8.06. The topological polar surface area (TPSA) is 128 Å². The molecule has 1 aromatic heterocycles. The fourth-order valence-corrected chi connectivity index (χ4v) is 4.54. The number of hydrogen-bond donors (Lipinski definition) is 2. The van der Waals surface area contributed by atoms with Crippen LogP contribution in [0.5, 0.6) is 0 Å². The summed E-state index contributed by atoms with van der Waals surface area (Å²) in [5, 5.41) is 11.3. The Morgan fingerprint density at radius 3 is 2.49 bits per heavy atom. The summed E-state index contributed by atoms with van der Waals surface area (Å²) in [6.07, 6.45) is -1.89. The summed E-state index contributed by atoms with van der Waals surface area (Å²) in [4.78, 5) is 11.1. The number of nitrogens with two attached hydrogens (primary N) is 1. The van der Waals surface area contributed by atoms with Crippen LogP contribution in [-0.4, -0.2) is 64.7 Å². The van der Waals surface area contributed by atoms with Gasteiger partial charge in [-0.15, -0.1) is 0 Å². The standard InChI is InChI=1S/C18H22F2N4O3S.C2HF3O2/c1-28(25,26)24-9-11-8-23(10-17(11)22-24)13-4-5-27-18(16(21)7-13)14-6-12(19)2-3-15(14)20;3-2(4,5)1(6)7/h2-3,6,9,13,16,18H,4-5,7-8,10,21H2,1H3;(H,6,7)/t13-,16-,18+;/m0./s1. The summed E-state index contributed by atoms with van der Waals surface area (Å²) in [6, 6.07) is 2.88. The van der Waals surface area contributed by atoms with Gasteiger partial charge in [-0.3, -0.25) is 4.90 Å². The van der Waals surface area contributed by atoms with Crippen molar-refractivity contribution < 1.29 is 45.0 Å². The fraction of sp³-hybridized carbons (Fsp3) is 0.500. The maximum absolute atomic E-state index is 14.2. The molecule has 1 saturated heterocycles. The molecule has 0 bridgehead atoms. The van der Waals surface area contributed by atoms with E-state index in [1.807, 2.05) is 0 Å². The van der Waals surface area contributed by atoms with Crippen molar-refractivity contribution in [2.45, 2.75) is 50.3 Å². The molecular formula is C20H23F5N4O5S. The molecule has 2 aromatic rings. The number of aliphatic carboxylic acids is 1. The zero-order valence-corrected chi connectivity index (χ0v) is 19.2. The summed E-state index contributed by atoms with van der Waals surface area (Å²) in [5.74, 6) is -3.82. The van der Waals surface area contributed by atoms with Crippen LogP contribution in [0.2, 0.25) is 0 Å². The molecule has 0 aliphatic carbocycles. The Labute approximate surface area is 197 Å². The second kappa shape index (κ2) is 10.2. The SMILES string of the molecule is CS(=O)(=O)n1cc2c(n1)CN([C@H]1CCO[C@H](c3cc(F)ccc3F)[C@@H](N)C1)C2.O=C(O)C(F)(F)F. The van der Waals surface area contributed by atoms with Gasteiger partial charge in [0.25, 0.3) is 10.0 Å². The molecule has 194 valence electrons. The van der Waals surface area contributed by atoms with Crippen molar-refractivity contribution in [3.8, 4) is 0 Å². The Kier molecular flexibility index (Phi) is 7.83. The molecule has 0 saturated carbocycles. The normalized spacial score (nSPS) is 23.2. The average molecular weight is 526 g/mol. The molecule has 0 radical (unpaired) electrons. The number of carbonyl (C=O) groups is 1. The minimum Gasteiger partial charge on any atom is -0.475 e. The van der Waals surface area contributed by atoms with E-state index in [1.54, 1.807) is 6.20 Å². The number of carboxylic acid groups (broad SMARTS) is 1. The predicted molar refractivity (Wildman–Crippen MR) is 111 cm³/mol. The molecular weight excluding hydrogens is 503 g/mol. The summed E-state index contributed by atoms with van der Waals surface area (Å²) >= 11 is 0.